The van der Waals surface area contributed by atoms with Crippen LogP contribution in [0.15, 0.2) is 18.2 Å². The summed E-state index contributed by atoms with van der Waals surface area (Å²) < 4.78 is 0. The van der Waals surface area contributed by atoms with E-state index in [-0.39, 0.29) is 0 Å². The summed E-state index contributed by atoms with van der Waals surface area (Å²) in [4.78, 5) is 0. The number of fused-ring (bicyclic) bond motifs is 1. The minimum Gasteiger partial charge on any atom is -0.321 e. The normalized spacial score (nSPS) is 14.5. The van der Waals surface area contributed by atoms with Gasteiger partial charge in [0, 0.05) is 6.54 Å². The minimum atomic E-state index is 0.946. The van der Waals surface area contributed by atoms with Crippen LogP contribution in [-0.4, -0.2) is 0 Å². The smallest absolute Gasteiger partial charge is 0.0536 e. The van der Waals surface area contributed by atoms with Gasteiger partial charge in [0.25, 0.3) is 0 Å². The van der Waals surface area contributed by atoms with Gasteiger partial charge in [-0.1, -0.05) is 12.1 Å². The zero-order valence-corrected chi connectivity index (χ0v) is 5.94. The third-order valence-electron chi connectivity index (χ3n) is 1.90. The molecule has 2 nitrogen and oxygen atoms in total. The Morgan fingerprint density at radius 2 is 2.30 bits per heavy atom. The van der Waals surface area contributed by atoms with E-state index in [0.29, 0.717) is 0 Å². The van der Waals surface area contributed by atoms with Crippen LogP contribution in [0.25, 0.3) is 0 Å². The van der Waals surface area contributed by atoms with Crippen molar-refractivity contribution in [2.24, 2.45) is 0 Å². The summed E-state index contributed by atoms with van der Waals surface area (Å²) in [5.41, 5.74) is 10.1. The van der Waals surface area contributed by atoms with Gasteiger partial charge in [-0.3, -0.25) is 0 Å². The van der Waals surface area contributed by atoms with Crippen LogP contribution in [0.1, 0.15) is 11.1 Å². The molecule has 2 heteroatoms. The largest absolute Gasteiger partial charge is 0.321 e. The molecular weight excluding hydrogens is 124 g/mol. The number of hydrogen-bond acceptors (Lipinski definition) is 2. The summed E-state index contributed by atoms with van der Waals surface area (Å²) >= 11 is 0. The molecule has 0 amide bonds. The number of rotatable bonds is 0. The lowest BCUT2D eigenvalue weighted by molar-refractivity contribution is 0.856. The highest BCUT2D eigenvalue weighted by atomic mass is 15.4. The molecule has 0 aromatic heterocycles. The lowest BCUT2D eigenvalue weighted by atomic mass is 10.1. The van der Waals surface area contributed by atoms with Gasteiger partial charge in [-0.25, -0.2) is 5.43 Å². The fourth-order valence-electron chi connectivity index (χ4n) is 1.28. The predicted octanol–water partition coefficient (Wildman–Crippen LogP) is 1.43. The third kappa shape index (κ3) is 0.693. The van der Waals surface area contributed by atoms with Crippen LogP contribution in [0.4, 0.5) is 5.69 Å². The fourth-order valence-corrected chi connectivity index (χ4v) is 1.28. The van der Waals surface area contributed by atoms with Crippen LogP contribution >= 0.6 is 0 Å². The van der Waals surface area contributed by atoms with E-state index in [1.807, 2.05) is 0 Å². The van der Waals surface area contributed by atoms with Gasteiger partial charge < -0.3 is 5.43 Å². The van der Waals surface area contributed by atoms with E-state index in [1.54, 1.807) is 0 Å². The predicted molar refractivity (Wildman–Crippen MR) is 41.6 cm³/mol. The molecule has 10 heavy (non-hydrogen) atoms. The van der Waals surface area contributed by atoms with Crippen molar-refractivity contribution in [3.8, 4) is 0 Å². The summed E-state index contributed by atoms with van der Waals surface area (Å²) in [6.45, 7) is 3.08. The first-order valence-electron chi connectivity index (χ1n) is 3.45. The Hall–Kier alpha value is -1.02. The van der Waals surface area contributed by atoms with E-state index in [0.717, 1.165) is 6.54 Å². The zero-order valence-electron chi connectivity index (χ0n) is 5.94. The summed E-state index contributed by atoms with van der Waals surface area (Å²) in [5, 5.41) is 0. The fraction of sp³-hybridized carbons (Fsp3) is 0.250. The lowest BCUT2D eigenvalue weighted by Crippen LogP contribution is -2.10. The van der Waals surface area contributed by atoms with Gasteiger partial charge in [-0.15, -0.1) is 0 Å². The average Bonchev–Trinajstić information content (AvgIpc) is 2.36. The first kappa shape index (κ1) is 5.74. The molecule has 0 bridgehead atoms. The van der Waals surface area contributed by atoms with Gasteiger partial charge in [-0.2, -0.15) is 0 Å². The quantitative estimate of drug-likeness (QED) is 0.560. The molecule has 0 saturated heterocycles. The number of aryl methyl sites for hydroxylation is 1. The van der Waals surface area contributed by atoms with E-state index in [9.17, 15) is 0 Å². The Balaban J connectivity index is 2.59. The van der Waals surface area contributed by atoms with E-state index in [2.05, 4.69) is 36.0 Å². The van der Waals surface area contributed by atoms with Crippen molar-refractivity contribution in [3.05, 3.63) is 29.3 Å². The molecule has 0 spiro atoms. The van der Waals surface area contributed by atoms with E-state index in [1.165, 1.54) is 16.8 Å². The van der Waals surface area contributed by atoms with Crippen LogP contribution in [0.3, 0.4) is 0 Å². The molecule has 1 aliphatic heterocycles. The molecule has 1 aromatic rings. The van der Waals surface area contributed by atoms with Gasteiger partial charge in [0.15, 0.2) is 0 Å². The Kier molecular flexibility index (Phi) is 1.14. The highest BCUT2D eigenvalue weighted by Crippen LogP contribution is 2.21. The Morgan fingerprint density at radius 3 is 3.10 bits per heavy atom. The maximum atomic E-state index is 3.09. The van der Waals surface area contributed by atoms with Gasteiger partial charge in [0.1, 0.15) is 0 Å². The number of hydrogen-bond donors (Lipinski definition) is 2. The maximum Gasteiger partial charge on any atom is 0.0536 e. The number of hydrazine groups is 1. The van der Waals surface area contributed by atoms with Crippen LogP contribution in [0, 0.1) is 6.92 Å². The van der Waals surface area contributed by atoms with Crippen LogP contribution in [0.5, 0.6) is 0 Å². The second-order valence-corrected chi connectivity index (χ2v) is 2.58. The van der Waals surface area contributed by atoms with Crippen LogP contribution in [0.2, 0.25) is 0 Å². The van der Waals surface area contributed by atoms with Gasteiger partial charge in [0.2, 0.25) is 0 Å². The molecule has 52 valence electrons. The number of benzene rings is 1. The molecule has 1 aliphatic rings. The molecule has 2 N–H and O–H groups in total. The van der Waals surface area contributed by atoms with Crippen molar-refractivity contribution in [2.45, 2.75) is 13.5 Å². The van der Waals surface area contributed by atoms with Crippen molar-refractivity contribution in [1.82, 2.24) is 5.43 Å². The van der Waals surface area contributed by atoms with Crippen molar-refractivity contribution < 1.29 is 0 Å². The molecule has 0 fully saturated rings. The van der Waals surface area contributed by atoms with Gasteiger partial charge in [0.05, 0.1) is 5.69 Å². The van der Waals surface area contributed by atoms with Crippen molar-refractivity contribution in [2.75, 3.05) is 5.43 Å². The molecule has 0 atom stereocenters. The minimum absolute atomic E-state index is 0.946. The third-order valence-corrected chi connectivity index (χ3v) is 1.90. The van der Waals surface area contributed by atoms with Crippen molar-refractivity contribution in [3.63, 3.8) is 0 Å². The zero-order chi connectivity index (χ0) is 6.97. The summed E-state index contributed by atoms with van der Waals surface area (Å²) in [6, 6.07) is 6.28. The number of anilines is 1. The molecule has 0 radical (unpaired) electrons. The van der Waals surface area contributed by atoms with E-state index in [4.69, 9.17) is 0 Å². The summed E-state index contributed by atoms with van der Waals surface area (Å²) in [7, 11) is 0. The standard InChI is InChI=1S/C8H10N2/c1-6-3-2-4-8-7(6)5-9-10-8/h2-4,9-10H,5H2,1H3. The van der Waals surface area contributed by atoms with Crippen LogP contribution < -0.4 is 10.9 Å². The lowest BCUT2D eigenvalue weighted by Gasteiger charge is -1.99. The molecule has 2 rings (SSSR count). The molecule has 0 aliphatic carbocycles. The Labute approximate surface area is 60.2 Å². The topological polar surface area (TPSA) is 24.1 Å². The maximum absolute atomic E-state index is 3.09. The SMILES string of the molecule is Cc1cccc2c1CNN2. The Bertz CT molecular complexity index is 255. The van der Waals surface area contributed by atoms with E-state index < -0.39 is 0 Å². The summed E-state index contributed by atoms with van der Waals surface area (Å²) in [5.74, 6) is 0. The second-order valence-electron chi connectivity index (χ2n) is 2.58. The summed E-state index contributed by atoms with van der Waals surface area (Å²) in [6.07, 6.45) is 0. The Morgan fingerprint density at radius 1 is 1.40 bits per heavy atom. The highest BCUT2D eigenvalue weighted by molar-refractivity contribution is 5.56. The van der Waals surface area contributed by atoms with Crippen LogP contribution in [-0.2, 0) is 6.54 Å². The highest BCUT2D eigenvalue weighted by Gasteiger charge is 2.09. The first-order valence-corrected chi connectivity index (χ1v) is 3.45. The second kappa shape index (κ2) is 1.99. The average molecular weight is 134 g/mol. The van der Waals surface area contributed by atoms with Gasteiger partial charge in [-0.05, 0) is 24.1 Å². The first-order chi connectivity index (χ1) is 4.88. The molecule has 1 aromatic carbocycles. The molecule has 0 unspecified atom stereocenters. The van der Waals surface area contributed by atoms with Gasteiger partial charge >= 0.3 is 0 Å². The molecular formula is C8H10N2. The van der Waals surface area contributed by atoms with Crippen molar-refractivity contribution >= 4 is 5.69 Å². The molecule has 0 saturated carbocycles. The monoisotopic (exact) mass is 134 g/mol. The van der Waals surface area contributed by atoms with Crippen molar-refractivity contribution in [1.29, 1.82) is 0 Å². The number of nitrogens with one attached hydrogen (secondary N) is 2. The van der Waals surface area contributed by atoms with E-state index >= 15 is 0 Å². The molecule has 1 heterocycles.